The highest BCUT2D eigenvalue weighted by Gasteiger charge is 2.10. The number of para-hydroxylation sites is 2. The smallest absolute Gasteiger partial charge is 0.255 e. The Balaban J connectivity index is 1.72. The third kappa shape index (κ3) is 4.53. The summed E-state index contributed by atoms with van der Waals surface area (Å²) in [6, 6.07) is 16.8. The zero-order valence-corrected chi connectivity index (χ0v) is 12.0. The van der Waals surface area contributed by atoms with E-state index < -0.39 is 0 Å². The molecule has 110 valence electrons. The first-order valence-corrected chi connectivity index (χ1v) is 6.90. The van der Waals surface area contributed by atoms with E-state index in [1.807, 2.05) is 42.5 Å². The second kappa shape index (κ2) is 7.94. The van der Waals surface area contributed by atoms with Crippen LogP contribution in [-0.2, 0) is 0 Å². The fourth-order valence-corrected chi connectivity index (χ4v) is 1.91. The zero-order chi connectivity index (χ0) is 14.9. The largest absolute Gasteiger partial charge is 0.496 e. The van der Waals surface area contributed by atoms with Gasteiger partial charge < -0.3 is 14.8 Å². The molecule has 4 heteroatoms. The first-order chi connectivity index (χ1) is 10.3. The summed E-state index contributed by atoms with van der Waals surface area (Å²) < 4.78 is 10.7. The van der Waals surface area contributed by atoms with Crippen molar-refractivity contribution in [2.75, 3.05) is 20.3 Å². The van der Waals surface area contributed by atoms with Crippen molar-refractivity contribution in [1.29, 1.82) is 0 Å². The third-order valence-corrected chi connectivity index (χ3v) is 2.97. The van der Waals surface area contributed by atoms with E-state index in [9.17, 15) is 4.79 Å². The topological polar surface area (TPSA) is 47.6 Å². The molecule has 0 aromatic heterocycles. The number of amides is 1. The molecule has 0 radical (unpaired) electrons. The zero-order valence-electron chi connectivity index (χ0n) is 12.0. The molecular weight excluding hydrogens is 266 g/mol. The molecule has 0 saturated heterocycles. The van der Waals surface area contributed by atoms with E-state index in [1.54, 1.807) is 19.2 Å². The van der Waals surface area contributed by atoms with Gasteiger partial charge >= 0.3 is 0 Å². The molecule has 4 nitrogen and oxygen atoms in total. The Morgan fingerprint density at radius 1 is 1.05 bits per heavy atom. The molecule has 0 aliphatic rings. The molecule has 21 heavy (non-hydrogen) atoms. The Labute approximate surface area is 124 Å². The average molecular weight is 285 g/mol. The van der Waals surface area contributed by atoms with E-state index in [2.05, 4.69) is 5.32 Å². The van der Waals surface area contributed by atoms with Crippen molar-refractivity contribution in [1.82, 2.24) is 5.32 Å². The first-order valence-electron chi connectivity index (χ1n) is 6.90. The summed E-state index contributed by atoms with van der Waals surface area (Å²) in [7, 11) is 1.56. The van der Waals surface area contributed by atoms with Gasteiger partial charge in [-0.25, -0.2) is 0 Å². The molecule has 0 aliphatic carbocycles. The maximum atomic E-state index is 12.0. The maximum absolute atomic E-state index is 12.0. The minimum Gasteiger partial charge on any atom is -0.496 e. The summed E-state index contributed by atoms with van der Waals surface area (Å²) in [4.78, 5) is 12.0. The molecule has 0 fully saturated rings. The van der Waals surface area contributed by atoms with Crippen molar-refractivity contribution >= 4 is 5.91 Å². The number of hydrogen-bond donors (Lipinski definition) is 1. The average Bonchev–Trinajstić information content (AvgIpc) is 2.55. The van der Waals surface area contributed by atoms with Gasteiger partial charge in [-0.2, -0.15) is 0 Å². The number of benzene rings is 2. The van der Waals surface area contributed by atoms with Crippen LogP contribution < -0.4 is 14.8 Å². The van der Waals surface area contributed by atoms with Gasteiger partial charge in [0.15, 0.2) is 0 Å². The monoisotopic (exact) mass is 285 g/mol. The maximum Gasteiger partial charge on any atom is 0.255 e. The molecular formula is C17H19NO3. The van der Waals surface area contributed by atoms with E-state index in [4.69, 9.17) is 9.47 Å². The molecule has 0 spiro atoms. The van der Waals surface area contributed by atoms with Gasteiger partial charge in [0.2, 0.25) is 0 Å². The SMILES string of the molecule is COc1ccccc1C(=O)NCCCOc1ccccc1. The minimum atomic E-state index is -0.132. The van der Waals surface area contributed by atoms with Crippen LogP contribution in [0.2, 0.25) is 0 Å². The van der Waals surface area contributed by atoms with Crippen molar-refractivity contribution in [2.45, 2.75) is 6.42 Å². The summed E-state index contributed by atoms with van der Waals surface area (Å²) in [6.07, 6.45) is 0.746. The molecule has 2 aromatic carbocycles. The lowest BCUT2D eigenvalue weighted by atomic mass is 10.2. The Bertz CT molecular complexity index is 569. The molecule has 2 aromatic rings. The molecule has 0 unspecified atom stereocenters. The minimum absolute atomic E-state index is 0.132. The number of rotatable bonds is 7. The lowest BCUT2D eigenvalue weighted by molar-refractivity contribution is 0.0948. The van der Waals surface area contributed by atoms with Gasteiger partial charge in [-0.05, 0) is 30.7 Å². The van der Waals surface area contributed by atoms with E-state index in [0.717, 1.165) is 12.2 Å². The Morgan fingerprint density at radius 3 is 2.52 bits per heavy atom. The fraction of sp³-hybridized carbons (Fsp3) is 0.235. The highest BCUT2D eigenvalue weighted by atomic mass is 16.5. The summed E-state index contributed by atoms with van der Waals surface area (Å²) >= 11 is 0. The quantitative estimate of drug-likeness (QED) is 0.796. The second-order valence-electron chi connectivity index (χ2n) is 4.47. The molecule has 0 heterocycles. The Hall–Kier alpha value is -2.49. The lowest BCUT2D eigenvalue weighted by Gasteiger charge is -2.09. The lowest BCUT2D eigenvalue weighted by Crippen LogP contribution is -2.26. The van der Waals surface area contributed by atoms with Gasteiger partial charge in [0.05, 0.1) is 19.3 Å². The Kier molecular flexibility index (Phi) is 5.64. The summed E-state index contributed by atoms with van der Waals surface area (Å²) in [5, 5.41) is 2.86. The van der Waals surface area contributed by atoms with Crippen LogP contribution in [0.15, 0.2) is 54.6 Å². The van der Waals surface area contributed by atoms with Crippen LogP contribution in [0.25, 0.3) is 0 Å². The summed E-state index contributed by atoms with van der Waals surface area (Å²) in [5.41, 5.74) is 0.545. The van der Waals surface area contributed by atoms with E-state index in [-0.39, 0.29) is 5.91 Å². The Morgan fingerprint density at radius 2 is 1.76 bits per heavy atom. The van der Waals surface area contributed by atoms with Crippen molar-refractivity contribution in [3.8, 4) is 11.5 Å². The molecule has 0 aliphatic heterocycles. The molecule has 0 atom stereocenters. The number of methoxy groups -OCH3 is 1. The van der Waals surface area contributed by atoms with Gasteiger partial charge in [-0.3, -0.25) is 4.79 Å². The summed E-state index contributed by atoms with van der Waals surface area (Å²) in [6.45, 7) is 1.12. The van der Waals surface area contributed by atoms with Crippen molar-refractivity contribution < 1.29 is 14.3 Å². The molecule has 2 rings (SSSR count). The number of nitrogens with one attached hydrogen (secondary N) is 1. The molecule has 1 N–H and O–H groups in total. The first kappa shape index (κ1) is 14.9. The summed E-state index contributed by atoms with van der Waals surface area (Å²) in [5.74, 6) is 1.29. The van der Waals surface area contributed by atoms with Gasteiger partial charge in [0.1, 0.15) is 11.5 Å². The van der Waals surface area contributed by atoms with Crippen molar-refractivity contribution in [2.24, 2.45) is 0 Å². The van der Waals surface area contributed by atoms with Crippen LogP contribution >= 0.6 is 0 Å². The fourth-order valence-electron chi connectivity index (χ4n) is 1.91. The molecule has 0 saturated carbocycles. The number of ether oxygens (including phenoxy) is 2. The van der Waals surface area contributed by atoms with E-state index >= 15 is 0 Å². The van der Waals surface area contributed by atoms with Gasteiger partial charge in [0.25, 0.3) is 5.91 Å². The molecule has 0 bridgehead atoms. The highest BCUT2D eigenvalue weighted by Crippen LogP contribution is 2.16. The standard InChI is InChI=1S/C17H19NO3/c1-20-16-11-6-5-10-15(16)17(19)18-12-7-13-21-14-8-3-2-4-9-14/h2-6,8-11H,7,12-13H2,1H3,(H,18,19). The number of carbonyl (C=O) groups excluding carboxylic acids is 1. The third-order valence-electron chi connectivity index (χ3n) is 2.97. The van der Waals surface area contributed by atoms with Crippen LogP contribution in [0.4, 0.5) is 0 Å². The normalized spacial score (nSPS) is 9.95. The predicted octanol–water partition coefficient (Wildman–Crippen LogP) is 2.89. The van der Waals surface area contributed by atoms with Crippen LogP contribution in [0.1, 0.15) is 16.8 Å². The molecule has 1 amide bonds. The highest BCUT2D eigenvalue weighted by molar-refractivity contribution is 5.96. The van der Waals surface area contributed by atoms with Crippen LogP contribution in [0.5, 0.6) is 11.5 Å². The van der Waals surface area contributed by atoms with Crippen LogP contribution in [0.3, 0.4) is 0 Å². The van der Waals surface area contributed by atoms with Crippen molar-refractivity contribution in [3.63, 3.8) is 0 Å². The van der Waals surface area contributed by atoms with Crippen LogP contribution in [-0.4, -0.2) is 26.2 Å². The van der Waals surface area contributed by atoms with Gasteiger partial charge in [-0.1, -0.05) is 30.3 Å². The van der Waals surface area contributed by atoms with Gasteiger partial charge in [0, 0.05) is 6.54 Å². The second-order valence-corrected chi connectivity index (χ2v) is 4.47. The van der Waals surface area contributed by atoms with Crippen molar-refractivity contribution in [3.05, 3.63) is 60.2 Å². The van der Waals surface area contributed by atoms with E-state index in [0.29, 0.717) is 24.5 Å². The van der Waals surface area contributed by atoms with Crippen LogP contribution in [0, 0.1) is 0 Å². The number of carbonyl (C=O) groups is 1. The van der Waals surface area contributed by atoms with E-state index in [1.165, 1.54) is 0 Å². The number of hydrogen-bond acceptors (Lipinski definition) is 3. The predicted molar refractivity (Wildman–Crippen MR) is 81.9 cm³/mol. The van der Waals surface area contributed by atoms with Gasteiger partial charge in [-0.15, -0.1) is 0 Å².